The number of amides is 2. The summed E-state index contributed by atoms with van der Waals surface area (Å²) in [5.74, 6) is 0.183. The molecule has 0 aromatic heterocycles. The van der Waals surface area contributed by atoms with Crippen LogP contribution < -0.4 is 4.90 Å². The number of hydrogen-bond acceptors (Lipinski definition) is 2. The fraction of sp³-hybridized carbons (Fsp3) is 0.375. The number of carbonyl (C=O) groups is 2. The molecule has 0 unspecified atom stereocenters. The van der Waals surface area contributed by atoms with Crippen molar-refractivity contribution in [1.82, 2.24) is 0 Å². The van der Waals surface area contributed by atoms with Crippen LogP contribution in [0.15, 0.2) is 35.9 Å². The Morgan fingerprint density at radius 1 is 1.21 bits per heavy atom. The Kier molecular flexibility index (Phi) is 3.84. The molecule has 0 saturated carbocycles. The zero-order chi connectivity index (χ0) is 14.0. The maximum Gasteiger partial charge on any atom is 0.261 e. The Labute approximate surface area is 113 Å². The highest BCUT2D eigenvalue weighted by Crippen LogP contribution is 2.26. The highest BCUT2D eigenvalue weighted by atomic mass is 16.2. The van der Waals surface area contributed by atoms with E-state index in [2.05, 4.69) is 13.8 Å². The quantitative estimate of drug-likeness (QED) is 0.616. The molecular weight excluding hydrogens is 238 g/mol. The first-order chi connectivity index (χ1) is 8.99. The van der Waals surface area contributed by atoms with Gasteiger partial charge in [-0.15, -0.1) is 0 Å². The fourth-order valence-electron chi connectivity index (χ4n) is 2.07. The van der Waals surface area contributed by atoms with Gasteiger partial charge in [0.15, 0.2) is 0 Å². The van der Waals surface area contributed by atoms with Crippen LogP contribution in [0.25, 0.3) is 0 Å². The summed E-state index contributed by atoms with van der Waals surface area (Å²) in [6.45, 7) is 6.16. The molecule has 0 spiro atoms. The molecule has 2 rings (SSSR count). The molecule has 1 fully saturated rings. The van der Waals surface area contributed by atoms with Crippen LogP contribution in [0.5, 0.6) is 0 Å². The van der Waals surface area contributed by atoms with E-state index < -0.39 is 0 Å². The Morgan fingerprint density at radius 2 is 1.84 bits per heavy atom. The van der Waals surface area contributed by atoms with Gasteiger partial charge in [0.1, 0.15) is 0 Å². The average Bonchev–Trinajstić information content (AvgIpc) is 2.63. The molecule has 19 heavy (non-hydrogen) atoms. The molecule has 2 amide bonds. The topological polar surface area (TPSA) is 37.4 Å². The lowest BCUT2D eigenvalue weighted by molar-refractivity contribution is -0.120. The molecule has 3 heteroatoms. The monoisotopic (exact) mass is 257 g/mol. The van der Waals surface area contributed by atoms with E-state index in [1.165, 1.54) is 4.90 Å². The minimum absolute atomic E-state index is 0.135. The number of hydrogen-bond donors (Lipinski definition) is 0. The normalized spacial score (nSPS) is 17.9. The summed E-state index contributed by atoms with van der Waals surface area (Å²) in [5, 5.41) is 0. The van der Waals surface area contributed by atoms with Crippen molar-refractivity contribution in [3.8, 4) is 0 Å². The molecular formula is C16H19NO2. The molecule has 1 aromatic rings. The van der Waals surface area contributed by atoms with Gasteiger partial charge in [0.2, 0.25) is 5.91 Å². The minimum atomic E-state index is -0.172. The van der Waals surface area contributed by atoms with Crippen LogP contribution in [-0.2, 0) is 9.59 Å². The molecule has 0 bridgehead atoms. The van der Waals surface area contributed by atoms with Crippen molar-refractivity contribution in [3.05, 3.63) is 41.5 Å². The molecule has 0 atom stereocenters. The van der Waals surface area contributed by atoms with Crippen molar-refractivity contribution in [3.63, 3.8) is 0 Å². The molecule has 1 aromatic carbocycles. The highest BCUT2D eigenvalue weighted by Gasteiger charge is 2.34. The third-order valence-electron chi connectivity index (χ3n) is 3.20. The average molecular weight is 257 g/mol. The zero-order valence-electron chi connectivity index (χ0n) is 11.6. The maximum atomic E-state index is 12.3. The van der Waals surface area contributed by atoms with Crippen LogP contribution in [-0.4, -0.2) is 11.8 Å². The van der Waals surface area contributed by atoms with Crippen molar-refractivity contribution in [2.75, 3.05) is 4.90 Å². The Morgan fingerprint density at radius 3 is 2.42 bits per heavy atom. The number of imide groups is 1. The van der Waals surface area contributed by atoms with E-state index in [1.807, 2.05) is 37.3 Å². The molecule has 1 heterocycles. The second-order valence-electron chi connectivity index (χ2n) is 5.41. The number of allylic oxidation sites excluding steroid dienone is 1. The van der Waals surface area contributed by atoms with Crippen LogP contribution in [0.2, 0.25) is 0 Å². The number of rotatable bonds is 3. The largest absolute Gasteiger partial charge is 0.274 e. The lowest BCUT2D eigenvalue weighted by atomic mass is 10.1. The van der Waals surface area contributed by atoms with Crippen LogP contribution in [0.4, 0.5) is 5.69 Å². The van der Waals surface area contributed by atoms with Crippen molar-refractivity contribution < 1.29 is 9.59 Å². The van der Waals surface area contributed by atoms with Crippen molar-refractivity contribution in [2.24, 2.45) is 5.92 Å². The van der Waals surface area contributed by atoms with Gasteiger partial charge in [0.25, 0.3) is 5.91 Å². The second-order valence-corrected chi connectivity index (χ2v) is 5.41. The molecule has 3 nitrogen and oxygen atoms in total. The van der Waals surface area contributed by atoms with Crippen LogP contribution in [0, 0.1) is 12.8 Å². The number of carbonyl (C=O) groups excluding carboxylic acids is 2. The van der Waals surface area contributed by atoms with E-state index in [-0.39, 0.29) is 18.2 Å². The number of benzene rings is 1. The Bertz CT molecular complexity index is 526. The van der Waals surface area contributed by atoms with Gasteiger partial charge in [-0.2, -0.15) is 0 Å². The van der Waals surface area contributed by atoms with Gasteiger partial charge in [-0.05, 0) is 31.4 Å². The standard InChI is InChI=1S/C16H19NO2/c1-11(2)4-7-13-10-15(18)17(16(13)19)14-8-5-12(3)6-9-14/h5-9,11H,4,10H2,1-3H3/b13-7+. The summed E-state index contributed by atoms with van der Waals surface area (Å²) in [7, 11) is 0. The molecule has 0 N–H and O–H groups in total. The van der Waals surface area contributed by atoms with Gasteiger partial charge in [0, 0.05) is 5.57 Å². The lowest BCUT2D eigenvalue weighted by Gasteiger charge is -2.13. The van der Waals surface area contributed by atoms with E-state index in [0.717, 1.165) is 12.0 Å². The summed E-state index contributed by atoms with van der Waals surface area (Å²) < 4.78 is 0. The minimum Gasteiger partial charge on any atom is -0.274 e. The third-order valence-corrected chi connectivity index (χ3v) is 3.20. The highest BCUT2D eigenvalue weighted by molar-refractivity contribution is 6.28. The van der Waals surface area contributed by atoms with Crippen LogP contribution in [0.1, 0.15) is 32.3 Å². The van der Waals surface area contributed by atoms with Crippen LogP contribution in [0.3, 0.4) is 0 Å². The van der Waals surface area contributed by atoms with E-state index in [4.69, 9.17) is 0 Å². The van der Waals surface area contributed by atoms with Crippen molar-refractivity contribution >= 4 is 17.5 Å². The van der Waals surface area contributed by atoms with Crippen molar-refractivity contribution in [2.45, 2.75) is 33.6 Å². The molecule has 0 radical (unpaired) electrons. The SMILES string of the molecule is Cc1ccc(N2C(=O)C/C(=C\CC(C)C)C2=O)cc1. The van der Waals surface area contributed by atoms with E-state index in [0.29, 0.717) is 17.2 Å². The maximum absolute atomic E-state index is 12.3. The molecule has 1 aliphatic heterocycles. The zero-order valence-corrected chi connectivity index (χ0v) is 11.6. The molecule has 1 aliphatic rings. The van der Waals surface area contributed by atoms with E-state index >= 15 is 0 Å². The summed E-state index contributed by atoms with van der Waals surface area (Å²) in [4.78, 5) is 25.5. The van der Waals surface area contributed by atoms with Gasteiger partial charge in [0.05, 0.1) is 12.1 Å². The molecule has 0 aliphatic carbocycles. The van der Waals surface area contributed by atoms with Gasteiger partial charge in [-0.3, -0.25) is 9.59 Å². The number of anilines is 1. The summed E-state index contributed by atoms with van der Waals surface area (Å²) in [6, 6.07) is 7.45. The third kappa shape index (κ3) is 2.92. The smallest absolute Gasteiger partial charge is 0.261 e. The van der Waals surface area contributed by atoms with Crippen LogP contribution >= 0.6 is 0 Å². The first kappa shape index (κ1) is 13.5. The predicted octanol–water partition coefficient (Wildman–Crippen LogP) is 3.23. The second kappa shape index (κ2) is 5.39. The molecule has 100 valence electrons. The van der Waals surface area contributed by atoms with Gasteiger partial charge >= 0.3 is 0 Å². The number of nitrogens with zero attached hydrogens (tertiary/aromatic N) is 1. The fourth-order valence-corrected chi connectivity index (χ4v) is 2.07. The Hall–Kier alpha value is -1.90. The van der Waals surface area contributed by atoms with Gasteiger partial charge < -0.3 is 0 Å². The van der Waals surface area contributed by atoms with Crippen molar-refractivity contribution in [1.29, 1.82) is 0 Å². The summed E-state index contributed by atoms with van der Waals surface area (Å²) in [5.41, 5.74) is 2.39. The van der Waals surface area contributed by atoms with Gasteiger partial charge in [-0.1, -0.05) is 37.6 Å². The molecule has 1 saturated heterocycles. The summed E-state index contributed by atoms with van der Waals surface area (Å²) in [6.07, 6.45) is 2.95. The first-order valence-corrected chi connectivity index (χ1v) is 6.62. The van der Waals surface area contributed by atoms with Gasteiger partial charge in [-0.25, -0.2) is 4.90 Å². The number of aryl methyl sites for hydroxylation is 1. The Balaban J connectivity index is 2.24. The van der Waals surface area contributed by atoms with E-state index in [9.17, 15) is 9.59 Å². The van der Waals surface area contributed by atoms with E-state index in [1.54, 1.807) is 0 Å². The predicted molar refractivity (Wildman–Crippen MR) is 75.8 cm³/mol. The lowest BCUT2D eigenvalue weighted by Crippen LogP contribution is -2.28. The summed E-state index contributed by atoms with van der Waals surface area (Å²) >= 11 is 0. The first-order valence-electron chi connectivity index (χ1n) is 6.62.